The van der Waals surface area contributed by atoms with Crippen LogP contribution >= 0.6 is 11.6 Å². The van der Waals surface area contributed by atoms with Gasteiger partial charge < -0.3 is 24.0 Å². The number of halogens is 1. The van der Waals surface area contributed by atoms with Gasteiger partial charge in [0.05, 0.1) is 17.1 Å². The van der Waals surface area contributed by atoms with Crippen molar-refractivity contribution in [2.24, 2.45) is 0 Å². The first-order chi connectivity index (χ1) is 20.5. The van der Waals surface area contributed by atoms with Crippen LogP contribution in [0.4, 0.5) is 4.79 Å². The predicted molar refractivity (Wildman–Crippen MR) is 171 cm³/mol. The van der Waals surface area contributed by atoms with Gasteiger partial charge in [0, 0.05) is 56.2 Å². The number of amides is 1. The Bertz CT molecular complexity index is 1630. The molecule has 0 bridgehead atoms. The number of aromatic nitrogens is 1. The van der Waals surface area contributed by atoms with Gasteiger partial charge >= 0.3 is 12.1 Å². The molecule has 4 aromatic rings. The number of rotatable bonds is 9. The van der Waals surface area contributed by atoms with Gasteiger partial charge in [0.1, 0.15) is 16.9 Å². The number of carbonyl (C=O) groups excluding carboxylic acids is 1. The highest BCUT2D eigenvalue weighted by molar-refractivity contribution is 6.36. The number of aryl methyl sites for hydroxylation is 2. The lowest BCUT2D eigenvalue weighted by Crippen LogP contribution is -2.50. The van der Waals surface area contributed by atoms with Crippen molar-refractivity contribution in [3.05, 3.63) is 76.4 Å². The van der Waals surface area contributed by atoms with E-state index in [4.69, 9.17) is 21.1 Å². The molecule has 0 radical (unpaired) electrons. The zero-order valence-corrected chi connectivity index (χ0v) is 26.1. The van der Waals surface area contributed by atoms with Crippen molar-refractivity contribution in [1.29, 1.82) is 0 Å². The Balaban J connectivity index is 1.29. The fourth-order valence-electron chi connectivity index (χ4n) is 5.72. The van der Waals surface area contributed by atoms with Gasteiger partial charge in [0.2, 0.25) is 0 Å². The fourth-order valence-corrected chi connectivity index (χ4v) is 5.94. The third-order valence-electron chi connectivity index (χ3n) is 7.86. The maximum Gasteiger partial charge on any atom is 0.410 e. The molecule has 9 heteroatoms. The van der Waals surface area contributed by atoms with E-state index >= 15 is 0 Å². The predicted octanol–water partition coefficient (Wildman–Crippen LogP) is 7.02. The molecular weight excluding hydrogens is 566 g/mol. The van der Waals surface area contributed by atoms with Gasteiger partial charge in [-0.3, -0.25) is 4.90 Å². The Morgan fingerprint density at radius 3 is 2.42 bits per heavy atom. The molecule has 1 saturated heterocycles. The topological polar surface area (TPSA) is 84.2 Å². The molecule has 228 valence electrons. The summed E-state index contributed by atoms with van der Waals surface area (Å²) in [5.74, 6) is -0.169. The molecule has 43 heavy (non-hydrogen) atoms. The second-order valence-electron chi connectivity index (χ2n) is 12.2. The Labute approximate surface area is 257 Å². The molecule has 0 saturated carbocycles. The number of ether oxygens (including phenoxy) is 2. The molecule has 1 aliphatic heterocycles. The van der Waals surface area contributed by atoms with E-state index in [0.717, 1.165) is 65.5 Å². The molecule has 2 heterocycles. The molecule has 0 unspecified atom stereocenters. The Morgan fingerprint density at radius 2 is 1.70 bits per heavy atom. The molecule has 1 aliphatic rings. The molecule has 1 amide bonds. The van der Waals surface area contributed by atoms with Crippen LogP contribution in [0.1, 0.15) is 48.7 Å². The SMILES string of the molecule is Cc1cc2c(CCCOc3cccc4ccccc34)cn(CCN3CCN(C(=O)OC(C)(C)C)CC3)c2c(C(=O)O)c1Cl. The highest BCUT2D eigenvalue weighted by atomic mass is 35.5. The van der Waals surface area contributed by atoms with Crippen molar-refractivity contribution < 1.29 is 24.2 Å². The molecular formula is C34H40ClN3O5. The molecule has 0 aliphatic carbocycles. The third-order valence-corrected chi connectivity index (χ3v) is 8.34. The zero-order valence-electron chi connectivity index (χ0n) is 25.4. The quantitative estimate of drug-likeness (QED) is 0.206. The third kappa shape index (κ3) is 7.08. The number of nitrogens with zero attached hydrogens (tertiary/aromatic N) is 3. The van der Waals surface area contributed by atoms with Crippen LogP contribution in [0.15, 0.2) is 54.7 Å². The largest absolute Gasteiger partial charge is 0.493 e. The van der Waals surface area contributed by atoms with E-state index in [0.29, 0.717) is 31.8 Å². The van der Waals surface area contributed by atoms with Gasteiger partial charge in [-0.05, 0) is 69.2 Å². The normalized spacial score (nSPS) is 14.4. The number of fused-ring (bicyclic) bond motifs is 2. The first kappa shape index (κ1) is 30.7. The second-order valence-corrected chi connectivity index (χ2v) is 12.5. The maximum absolute atomic E-state index is 12.5. The summed E-state index contributed by atoms with van der Waals surface area (Å²) in [7, 11) is 0. The van der Waals surface area contributed by atoms with Crippen LogP contribution in [0.3, 0.4) is 0 Å². The molecule has 5 rings (SSSR count). The lowest BCUT2D eigenvalue weighted by Gasteiger charge is -2.35. The fraction of sp³-hybridized carbons (Fsp3) is 0.412. The van der Waals surface area contributed by atoms with Gasteiger partial charge in [0.15, 0.2) is 0 Å². The van der Waals surface area contributed by atoms with Crippen LogP contribution in [0, 0.1) is 6.92 Å². The number of carbonyl (C=O) groups is 2. The van der Waals surface area contributed by atoms with Crippen LogP contribution in [0.25, 0.3) is 21.7 Å². The van der Waals surface area contributed by atoms with E-state index < -0.39 is 11.6 Å². The van der Waals surface area contributed by atoms with Gasteiger partial charge in [0.25, 0.3) is 0 Å². The van der Waals surface area contributed by atoms with Crippen molar-refractivity contribution >= 4 is 45.3 Å². The molecule has 1 fully saturated rings. The Hall–Kier alpha value is -3.75. The second kappa shape index (κ2) is 12.9. The van der Waals surface area contributed by atoms with E-state index in [9.17, 15) is 14.7 Å². The molecule has 1 N–H and O–H groups in total. The van der Waals surface area contributed by atoms with Crippen molar-refractivity contribution in [3.63, 3.8) is 0 Å². The van der Waals surface area contributed by atoms with Crippen molar-refractivity contribution in [2.75, 3.05) is 39.3 Å². The molecule has 8 nitrogen and oxygen atoms in total. The minimum Gasteiger partial charge on any atom is -0.493 e. The lowest BCUT2D eigenvalue weighted by atomic mass is 10.0. The number of hydrogen-bond donors (Lipinski definition) is 1. The summed E-state index contributed by atoms with van der Waals surface area (Å²) in [5, 5.41) is 13.6. The number of carboxylic acids is 1. The highest BCUT2D eigenvalue weighted by Gasteiger charge is 2.26. The number of piperazine rings is 1. The zero-order chi connectivity index (χ0) is 30.7. The lowest BCUT2D eigenvalue weighted by molar-refractivity contribution is 0.0143. The van der Waals surface area contributed by atoms with Crippen molar-refractivity contribution in [3.8, 4) is 5.75 Å². The van der Waals surface area contributed by atoms with E-state index in [1.807, 2.05) is 62.6 Å². The Kier molecular flexibility index (Phi) is 9.18. The average Bonchev–Trinajstić information content (AvgIpc) is 3.30. The van der Waals surface area contributed by atoms with Gasteiger partial charge in [-0.2, -0.15) is 0 Å². The summed E-state index contributed by atoms with van der Waals surface area (Å²) >= 11 is 6.56. The van der Waals surface area contributed by atoms with Crippen LogP contribution < -0.4 is 4.74 Å². The molecule has 0 atom stereocenters. The van der Waals surface area contributed by atoms with E-state index in [2.05, 4.69) is 29.3 Å². The molecule has 0 spiro atoms. The summed E-state index contributed by atoms with van der Waals surface area (Å²) in [6.45, 7) is 12.0. The van der Waals surface area contributed by atoms with Gasteiger partial charge in [-0.25, -0.2) is 9.59 Å². The van der Waals surface area contributed by atoms with Crippen LogP contribution in [0.2, 0.25) is 5.02 Å². The van der Waals surface area contributed by atoms with Crippen molar-refractivity contribution in [2.45, 2.75) is 52.7 Å². The first-order valence-corrected chi connectivity index (χ1v) is 15.2. The minimum absolute atomic E-state index is 0.143. The number of benzene rings is 3. The monoisotopic (exact) mass is 605 g/mol. The smallest absolute Gasteiger partial charge is 0.410 e. The molecule has 3 aromatic carbocycles. The molecule has 1 aromatic heterocycles. The Morgan fingerprint density at radius 1 is 0.977 bits per heavy atom. The van der Waals surface area contributed by atoms with Gasteiger partial charge in [-0.15, -0.1) is 0 Å². The van der Waals surface area contributed by atoms with E-state index in [1.165, 1.54) is 0 Å². The summed E-state index contributed by atoms with van der Waals surface area (Å²) in [6.07, 6.45) is 3.30. The van der Waals surface area contributed by atoms with E-state index in [-0.39, 0.29) is 16.7 Å². The van der Waals surface area contributed by atoms with Crippen LogP contribution in [-0.4, -0.2) is 76.5 Å². The summed E-state index contributed by atoms with van der Waals surface area (Å²) in [5.41, 5.74) is 2.10. The average molecular weight is 606 g/mol. The van der Waals surface area contributed by atoms with Gasteiger partial charge in [-0.1, -0.05) is 48.0 Å². The maximum atomic E-state index is 12.5. The van der Waals surface area contributed by atoms with Crippen LogP contribution in [-0.2, 0) is 17.7 Å². The van der Waals surface area contributed by atoms with E-state index in [1.54, 1.807) is 4.90 Å². The summed E-state index contributed by atoms with van der Waals surface area (Å²) < 4.78 is 13.7. The first-order valence-electron chi connectivity index (χ1n) is 14.9. The number of hydrogen-bond acceptors (Lipinski definition) is 5. The standard InChI is InChI=1S/C34H40ClN3O5/c1-23-21-27-25(11-8-20-42-28-13-7-10-24-9-5-6-12-26(24)28)22-38(31(27)29(30(23)35)32(39)40)19-16-36-14-17-37(18-15-36)33(41)43-34(2,3)4/h5-7,9-10,12-13,21-22H,8,11,14-20H2,1-4H3,(H,39,40). The number of aromatic carboxylic acids is 1. The highest BCUT2D eigenvalue weighted by Crippen LogP contribution is 2.34. The van der Waals surface area contributed by atoms with Crippen molar-refractivity contribution in [1.82, 2.24) is 14.4 Å². The minimum atomic E-state index is -1.03. The number of carboxylic acid groups (broad SMARTS) is 1. The summed E-state index contributed by atoms with van der Waals surface area (Å²) in [6, 6.07) is 16.2. The summed E-state index contributed by atoms with van der Waals surface area (Å²) in [4.78, 5) is 28.9. The van der Waals surface area contributed by atoms with Crippen LogP contribution in [0.5, 0.6) is 5.75 Å².